The third-order valence-corrected chi connectivity index (χ3v) is 3.92. The summed E-state index contributed by atoms with van der Waals surface area (Å²) in [5.74, 6) is 1.18. The summed E-state index contributed by atoms with van der Waals surface area (Å²) in [6.45, 7) is 8.65. The highest BCUT2D eigenvalue weighted by Gasteiger charge is 2.26. The van der Waals surface area contributed by atoms with Crippen molar-refractivity contribution in [3.8, 4) is 0 Å². The maximum atomic E-state index is 12.4. The SMILES string of the molecule is CCCCc1oc2ccccc2c1CN(C)C(=O)C(C)(C)C. The molecule has 1 heterocycles. The number of fused-ring (bicyclic) bond motifs is 1. The molecule has 0 radical (unpaired) electrons. The molecule has 3 heteroatoms. The molecule has 0 aliphatic carbocycles. The van der Waals surface area contributed by atoms with Crippen LogP contribution in [-0.4, -0.2) is 17.9 Å². The first-order valence-corrected chi connectivity index (χ1v) is 8.09. The van der Waals surface area contributed by atoms with Crippen LogP contribution in [-0.2, 0) is 17.8 Å². The maximum Gasteiger partial charge on any atom is 0.227 e. The molecule has 1 aromatic carbocycles. The van der Waals surface area contributed by atoms with Crippen molar-refractivity contribution >= 4 is 16.9 Å². The molecular weight excluding hydrogens is 274 g/mol. The standard InChI is InChI=1S/C19H27NO2/c1-6-7-11-17-15(13-20(5)18(21)19(2,3)4)14-10-8-9-12-16(14)22-17/h8-10,12H,6-7,11,13H2,1-5H3. The fraction of sp³-hybridized carbons (Fsp3) is 0.526. The molecule has 0 bridgehead atoms. The number of amides is 1. The van der Waals surface area contributed by atoms with E-state index >= 15 is 0 Å². The molecule has 0 spiro atoms. The number of benzene rings is 1. The Labute approximate surface area is 133 Å². The van der Waals surface area contributed by atoms with Crippen molar-refractivity contribution in [3.05, 3.63) is 35.6 Å². The van der Waals surface area contributed by atoms with Crippen molar-refractivity contribution < 1.29 is 9.21 Å². The number of carbonyl (C=O) groups excluding carboxylic acids is 1. The first kappa shape index (κ1) is 16.6. The van der Waals surface area contributed by atoms with Crippen molar-refractivity contribution in [2.75, 3.05) is 7.05 Å². The number of furan rings is 1. The summed E-state index contributed by atoms with van der Waals surface area (Å²) in [4.78, 5) is 14.3. The van der Waals surface area contributed by atoms with Gasteiger partial charge in [-0.1, -0.05) is 52.3 Å². The molecule has 1 aromatic heterocycles. The van der Waals surface area contributed by atoms with E-state index in [1.807, 2.05) is 50.9 Å². The molecular formula is C19H27NO2. The van der Waals surface area contributed by atoms with Crippen LogP contribution in [0.15, 0.2) is 28.7 Å². The molecule has 0 saturated heterocycles. The van der Waals surface area contributed by atoms with Crippen molar-refractivity contribution in [2.45, 2.75) is 53.5 Å². The fourth-order valence-electron chi connectivity index (χ4n) is 2.74. The Morgan fingerprint density at radius 1 is 1.23 bits per heavy atom. The van der Waals surface area contributed by atoms with E-state index in [9.17, 15) is 4.79 Å². The zero-order valence-electron chi connectivity index (χ0n) is 14.4. The van der Waals surface area contributed by atoms with Gasteiger partial charge in [0.2, 0.25) is 5.91 Å². The average Bonchev–Trinajstić information content (AvgIpc) is 2.81. The molecule has 120 valence electrons. The third kappa shape index (κ3) is 3.52. The molecule has 0 fully saturated rings. The van der Waals surface area contributed by atoms with Crippen molar-refractivity contribution in [3.63, 3.8) is 0 Å². The number of carbonyl (C=O) groups is 1. The fourth-order valence-corrected chi connectivity index (χ4v) is 2.74. The third-order valence-electron chi connectivity index (χ3n) is 3.92. The van der Waals surface area contributed by atoms with Gasteiger partial charge in [0.1, 0.15) is 11.3 Å². The zero-order chi connectivity index (χ0) is 16.3. The van der Waals surface area contributed by atoms with E-state index in [1.54, 1.807) is 0 Å². The average molecular weight is 301 g/mol. The topological polar surface area (TPSA) is 33.5 Å². The molecule has 0 unspecified atom stereocenters. The van der Waals surface area contributed by atoms with Gasteiger partial charge in [0, 0.05) is 36.4 Å². The largest absolute Gasteiger partial charge is 0.461 e. The number of hydrogen-bond donors (Lipinski definition) is 0. The Kier molecular flexibility index (Phi) is 4.94. The van der Waals surface area contributed by atoms with Crippen LogP contribution < -0.4 is 0 Å². The molecule has 1 amide bonds. The summed E-state index contributed by atoms with van der Waals surface area (Å²) in [7, 11) is 1.87. The number of nitrogens with zero attached hydrogens (tertiary/aromatic N) is 1. The van der Waals surface area contributed by atoms with Crippen LogP contribution in [0.1, 0.15) is 51.9 Å². The van der Waals surface area contributed by atoms with Crippen molar-refractivity contribution in [1.82, 2.24) is 4.90 Å². The highest BCUT2D eigenvalue weighted by molar-refractivity contribution is 5.84. The summed E-state index contributed by atoms with van der Waals surface area (Å²) < 4.78 is 6.03. The van der Waals surface area contributed by atoms with E-state index < -0.39 is 0 Å². The van der Waals surface area contributed by atoms with Crippen LogP contribution in [0.5, 0.6) is 0 Å². The van der Waals surface area contributed by atoms with Gasteiger partial charge >= 0.3 is 0 Å². The Bertz CT molecular complexity index is 649. The van der Waals surface area contributed by atoms with Crippen LogP contribution in [0.2, 0.25) is 0 Å². The van der Waals surface area contributed by atoms with Gasteiger partial charge in [0.25, 0.3) is 0 Å². The quantitative estimate of drug-likeness (QED) is 0.796. The number of para-hydroxylation sites is 1. The number of rotatable bonds is 5. The summed E-state index contributed by atoms with van der Waals surface area (Å²) in [6.07, 6.45) is 3.16. The molecule has 2 rings (SSSR count). The molecule has 0 atom stereocenters. The summed E-state index contributed by atoms with van der Waals surface area (Å²) in [6, 6.07) is 8.10. The van der Waals surface area contributed by atoms with Gasteiger partial charge in [0.15, 0.2) is 0 Å². The predicted molar refractivity (Wildman–Crippen MR) is 90.8 cm³/mol. The van der Waals surface area contributed by atoms with E-state index in [2.05, 4.69) is 13.0 Å². The number of unbranched alkanes of at least 4 members (excludes halogenated alkanes) is 1. The molecule has 0 N–H and O–H groups in total. The molecule has 22 heavy (non-hydrogen) atoms. The lowest BCUT2D eigenvalue weighted by molar-refractivity contribution is -0.138. The molecule has 0 aliphatic heterocycles. The Morgan fingerprint density at radius 3 is 2.55 bits per heavy atom. The van der Waals surface area contributed by atoms with Crippen molar-refractivity contribution in [2.24, 2.45) is 5.41 Å². The molecule has 2 aromatic rings. The molecule has 0 saturated carbocycles. The Morgan fingerprint density at radius 2 is 1.91 bits per heavy atom. The van der Waals surface area contributed by atoms with Gasteiger partial charge in [-0.3, -0.25) is 4.79 Å². The second kappa shape index (κ2) is 6.55. The smallest absolute Gasteiger partial charge is 0.227 e. The van der Waals surface area contributed by atoms with E-state index in [1.165, 1.54) is 0 Å². The van der Waals surface area contributed by atoms with E-state index in [-0.39, 0.29) is 11.3 Å². The second-order valence-corrected chi connectivity index (χ2v) is 7.01. The van der Waals surface area contributed by atoms with E-state index in [4.69, 9.17) is 4.42 Å². The minimum Gasteiger partial charge on any atom is -0.461 e. The first-order valence-electron chi connectivity index (χ1n) is 8.09. The van der Waals surface area contributed by atoms with Crippen LogP contribution in [0.4, 0.5) is 0 Å². The number of hydrogen-bond acceptors (Lipinski definition) is 2. The van der Waals surface area contributed by atoms with E-state index in [0.717, 1.165) is 41.6 Å². The molecule has 0 aliphatic rings. The monoisotopic (exact) mass is 301 g/mol. The van der Waals surface area contributed by atoms with Crippen molar-refractivity contribution in [1.29, 1.82) is 0 Å². The summed E-state index contributed by atoms with van der Waals surface area (Å²) in [5, 5.41) is 1.13. The van der Waals surface area contributed by atoms with Gasteiger partial charge in [-0.15, -0.1) is 0 Å². The number of aryl methyl sites for hydroxylation is 1. The van der Waals surface area contributed by atoms with Gasteiger partial charge in [-0.25, -0.2) is 0 Å². The minimum atomic E-state index is -0.363. The van der Waals surface area contributed by atoms with Crippen LogP contribution in [0.25, 0.3) is 11.0 Å². The lowest BCUT2D eigenvalue weighted by Gasteiger charge is -2.26. The highest BCUT2D eigenvalue weighted by atomic mass is 16.3. The summed E-state index contributed by atoms with van der Waals surface area (Å²) >= 11 is 0. The Balaban J connectivity index is 2.34. The maximum absolute atomic E-state index is 12.4. The van der Waals surface area contributed by atoms with E-state index in [0.29, 0.717) is 6.54 Å². The van der Waals surface area contributed by atoms with Gasteiger partial charge in [-0.2, -0.15) is 0 Å². The van der Waals surface area contributed by atoms with Crippen LogP contribution >= 0.6 is 0 Å². The molecule has 3 nitrogen and oxygen atoms in total. The van der Waals surface area contributed by atoms with Gasteiger partial charge in [0.05, 0.1) is 0 Å². The second-order valence-electron chi connectivity index (χ2n) is 7.01. The van der Waals surface area contributed by atoms with Gasteiger partial charge in [-0.05, 0) is 12.5 Å². The Hall–Kier alpha value is -1.77. The van der Waals surface area contributed by atoms with Crippen LogP contribution in [0.3, 0.4) is 0 Å². The predicted octanol–water partition coefficient (Wildman–Crippen LogP) is 4.78. The summed E-state index contributed by atoms with van der Waals surface area (Å²) in [5.41, 5.74) is 1.71. The lowest BCUT2D eigenvalue weighted by atomic mass is 9.94. The lowest BCUT2D eigenvalue weighted by Crippen LogP contribution is -2.36. The van der Waals surface area contributed by atoms with Crippen LogP contribution in [0, 0.1) is 5.41 Å². The minimum absolute atomic E-state index is 0.152. The first-order chi connectivity index (χ1) is 10.3. The highest BCUT2D eigenvalue weighted by Crippen LogP contribution is 2.29. The van der Waals surface area contributed by atoms with Gasteiger partial charge < -0.3 is 9.32 Å². The normalized spacial score (nSPS) is 11.9. The zero-order valence-corrected chi connectivity index (χ0v) is 14.4.